The Bertz CT molecular complexity index is 1070. The molecule has 3 rings (SSSR count). The Labute approximate surface area is 176 Å². The maximum atomic E-state index is 14.2. The van der Waals surface area contributed by atoms with Gasteiger partial charge in [-0.05, 0) is 24.1 Å². The van der Waals surface area contributed by atoms with Gasteiger partial charge >= 0.3 is 0 Å². The normalized spacial score (nSPS) is 10.9. The van der Waals surface area contributed by atoms with Crippen LogP contribution in [0.2, 0.25) is 0 Å². The van der Waals surface area contributed by atoms with E-state index in [-0.39, 0.29) is 23.3 Å². The van der Waals surface area contributed by atoms with Gasteiger partial charge in [0.2, 0.25) is 5.91 Å². The molecule has 0 saturated heterocycles. The molecule has 1 heterocycles. The highest BCUT2D eigenvalue weighted by molar-refractivity contribution is 7.99. The van der Waals surface area contributed by atoms with Crippen molar-refractivity contribution in [3.63, 3.8) is 0 Å². The van der Waals surface area contributed by atoms with Crippen LogP contribution in [0.4, 0.5) is 15.8 Å². The molecule has 3 aromatic rings. The van der Waals surface area contributed by atoms with Gasteiger partial charge in [-0.3, -0.25) is 14.9 Å². The fraction of sp³-hybridized carbons (Fsp3) is 0.250. The van der Waals surface area contributed by atoms with Crippen LogP contribution in [-0.2, 0) is 11.3 Å². The number of thioether (sulfide) groups is 1. The fourth-order valence-electron chi connectivity index (χ4n) is 2.79. The second-order valence-corrected chi connectivity index (χ2v) is 7.88. The minimum atomic E-state index is -0.525. The van der Waals surface area contributed by atoms with Gasteiger partial charge in [0.05, 0.1) is 16.2 Å². The third-order valence-electron chi connectivity index (χ3n) is 4.05. The lowest BCUT2D eigenvalue weighted by atomic mass is 10.2. The third kappa shape index (κ3) is 5.20. The van der Waals surface area contributed by atoms with Gasteiger partial charge in [0.25, 0.3) is 5.69 Å². The first-order valence-corrected chi connectivity index (χ1v) is 10.2. The van der Waals surface area contributed by atoms with Crippen molar-refractivity contribution in [3.05, 3.63) is 64.5 Å². The number of anilines is 1. The number of non-ortho nitro benzene ring substituents is 1. The lowest BCUT2D eigenvalue weighted by Gasteiger charge is -2.13. The number of benzene rings is 2. The lowest BCUT2D eigenvalue weighted by Crippen LogP contribution is -2.15. The fourth-order valence-corrected chi connectivity index (χ4v) is 3.54. The standard InChI is InChI=1S/C20H20FN5O3S/c1-13(2)11-25-19(16-8-3-4-9-17(16)21)23-24-20(25)30-12-18(27)22-14-6-5-7-15(10-14)26(28)29/h3-10,13H,11-12H2,1-2H3,(H,22,27). The molecule has 0 aliphatic carbocycles. The maximum absolute atomic E-state index is 14.2. The van der Waals surface area contributed by atoms with Crippen LogP contribution >= 0.6 is 11.8 Å². The Morgan fingerprint density at radius 1 is 1.23 bits per heavy atom. The number of rotatable bonds is 8. The molecular weight excluding hydrogens is 409 g/mol. The van der Waals surface area contributed by atoms with Gasteiger partial charge in [0.1, 0.15) is 5.82 Å². The van der Waals surface area contributed by atoms with Gasteiger partial charge in [0, 0.05) is 24.4 Å². The summed E-state index contributed by atoms with van der Waals surface area (Å²) in [5, 5.41) is 22.3. The average Bonchev–Trinajstić information content (AvgIpc) is 3.08. The summed E-state index contributed by atoms with van der Waals surface area (Å²) in [6.07, 6.45) is 0. The number of hydrogen-bond acceptors (Lipinski definition) is 6. The number of amides is 1. The number of hydrogen-bond donors (Lipinski definition) is 1. The van der Waals surface area contributed by atoms with Gasteiger partial charge in [-0.2, -0.15) is 0 Å². The van der Waals surface area contributed by atoms with Crippen molar-refractivity contribution in [1.82, 2.24) is 14.8 Å². The quantitative estimate of drug-likeness (QED) is 0.324. The first-order chi connectivity index (χ1) is 14.3. The molecule has 1 N–H and O–H groups in total. The largest absolute Gasteiger partial charge is 0.325 e. The van der Waals surface area contributed by atoms with E-state index in [0.717, 1.165) is 0 Å². The predicted molar refractivity (Wildman–Crippen MR) is 113 cm³/mol. The predicted octanol–water partition coefficient (Wildman–Crippen LogP) is 4.38. The van der Waals surface area contributed by atoms with Crippen LogP contribution in [0, 0.1) is 21.8 Å². The number of halogens is 1. The molecular formula is C20H20FN5O3S. The summed E-state index contributed by atoms with van der Waals surface area (Å²) in [6, 6.07) is 12.1. The van der Waals surface area contributed by atoms with Crippen LogP contribution in [0.15, 0.2) is 53.7 Å². The number of nitro benzene ring substituents is 1. The summed E-state index contributed by atoms with van der Waals surface area (Å²) in [5.41, 5.74) is 0.579. The SMILES string of the molecule is CC(C)Cn1c(SCC(=O)Nc2cccc([N+](=O)[O-])c2)nnc1-c1ccccc1F. The molecule has 0 aliphatic heterocycles. The minimum absolute atomic E-state index is 0.0240. The van der Waals surface area contributed by atoms with Crippen molar-refractivity contribution in [2.45, 2.75) is 25.5 Å². The highest BCUT2D eigenvalue weighted by Crippen LogP contribution is 2.27. The molecule has 2 aromatic carbocycles. The van der Waals surface area contributed by atoms with E-state index in [1.165, 1.54) is 36.0 Å². The number of aromatic nitrogens is 3. The van der Waals surface area contributed by atoms with E-state index in [1.54, 1.807) is 28.8 Å². The second-order valence-electron chi connectivity index (χ2n) is 6.93. The van der Waals surface area contributed by atoms with E-state index in [1.807, 2.05) is 13.8 Å². The molecule has 10 heteroatoms. The van der Waals surface area contributed by atoms with Crippen molar-refractivity contribution < 1.29 is 14.1 Å². The highest BCUT2D eigenvalue weighted by Gasteiger charge is 2.19. The van der Waals surface area contributed by atoms with Gasteiger partial charge < -0.3 is 9.88 Å². The summed E-state index contributed by atoms with van der Waals surface area (Å²) < 4.78 is 16.0. The van der Waals surface area contributed by atoms with Crippen LogP contribution in [-0.4, -0.2) is 31.3 Å². The molecule has 0 fully saturated rings. The first kappa shape index (κ1) is 21.4. The molecule has 0 saturated carbocycles. The second kappa shape index (κ2) is 9.49. The van der Waals surface area contributed by atoms with Crippen LogP contribution < -0.4 is 5.32 Å². The molecule has 156 valence electrons. The zero-order valence-electron chi connectivity index (χ0n) is 16.4. The summed E-state index contributed by atoms with van der Waals surface area (Å²) in [4.78, 5) is 22.6. The van der Waals surface area contributed by atoms with Crippen molar-refractivity contribution in [3.8, 4) is 11.4 Å². The topological polar surface area (TPSA) is 103 Å². The smallest absolute Gasteiger partial charge is 0.271 e. The molecule has 0 atom stereocenters. The van der Waals surface area contributed by atoms with Gasteiger partial charge in [-0.25, -0.2) is 4.39 Å². The van der Waals surface area contributed by atoms with E-state index in [4.69, 9.17) is 0 Å². The summed E-state index contributed by atoms with van der Waals surface area (Å²) in [6.45, 7) is 4.61. The summed E-state index contributed by atoms with van der Waals surface area (Å²) in [5.74, 6) is -0.0502. The molecule has 0 bridgehead atoms. The van der Waals surface area contributed by atoms with Gasteiger partial charge in [0.15, 0.2) is 11.0 Å². The number of carbonyl (C=O) groups excluding carboxylic acids is 1. The van der Waals surface area contributed by atoms with Crippen molar-refractivity contribution in [2.75, 3.05) is 11.1 Å². The van der Waals surface area contributed by atoms with Gasteiger partial charge in [-0.15, -0.1) is 10.2 Å². The van der Waals surface area contributed by atoms with Crippen molar-refractivity contribution in [1.29, 1.82) is 0 Å². The van der Waals surface area contributed by atoms with Crippen LogP contribution in [0.1, 0.15) is 13.8 Å². The molecule has 1 aromatic heterocycles. The van der Waals surface area contributed by atoms with Crippen molar-refractivity contribution in [2.24, 2.45) is 5.92 Å². The molecule has 0 aliphatic rings. The number of carbonyl (C=O) groups is 1. The molecule has 1 amide bonds. The lowest BCUT2D eigenvalue weighted by molar-refractivity contribution is -0.384. The van der Waals surface area contributed by atoms with Crippen LogP contribution in [0.25, 0.3) is 11.4 Å². The summed E-state index contributed by atoms with van der Waals surface area (Å²) >= 11 is 1.17. The zero-order valence-corrected chi connectivity index (χ0v) is 17.2. The Morgan fingerprint density at radius 2 is 2.00 bits per heavy atom. The van der Waals surface area contributed by atoms with E-state index >= 15 is 0 Å². The molecule has 0 spiro atoms. The average molecular weight is 429 g/mol. The highest BCUT2D eigenvalue weighted by atomic mass is 32.2. The number of nitrogens with zero attached hydrogens (tertiary/aromatic N) is 4. The molecule has 8 nitrogen and oxygen atoms in total. The Balaban J connectivity index is 1.75. The van der Waals surface area contributed by atoms with Crippen LogP contribution in [0.5, 0.6) is 0 Å². The van der Waals surface area contributed by atoms with E-state index in [2.05, 4.69) is 15.5 Å². The maximum Gasteiger partial charge on any atom is 0.271 e. The Hall–Kier alpha value is -3.27. The van der Waals surface area contributed by atoms with E-state index < -0.39 is 10.7 Å². The van der Waals surface area contributed by atoms with Gasteiger partial charge in [-0.1, -0.05) is 43.8 Å². The monoisotopic (exact) mass is 429 g/mol. The number of nitrogens with one attached hydrogen (secondary N) is 1. The van der Waals surface area contributed by atoms with E-state index in [9.17, 15) is 19.3 Å². The van der Waals surface area contributed by atoms with Crippen LogP contribution in [0.3, 0.4) is 0 Å². The molecule has 0 unspecified atom stereocenters. The van der Waals surface area contributed by atoms with Crippen molar-refractivity contribution >= 4 is 29.0 Å². The van der Waals surface area contributed by atoms with E-state index in [0.29, 0.717) is 28.8 Å². The molecule has 0 radical (unpaired) electrons. The Kier molecular flexibility index (Phi) is 6.78. The minimum Gasteiger partial charge on any atom is -0.325 e. The Morgan fingerprint density at radius 3 is 2.70 bits per heavy atom. The first-order valence-electron chi connectivity index (χ1n) is 9.20. The third-order valence-corrected chi connectivity index (χ3v) is 5.02. The molecule has 30 heavy (non-hydrogen) atoms. The number of nitro groups is 1. The summed E-state index contributed by atoms with van der Waals surface area (Å²) in [7, 11) is 0. The zero-order chi connectivity index (χ0) is 21.7.